The molecule has 3 heteroatoms. The van der Waals surface area contributed by atoms with Crippen LogP contribution < -0.4 is 5.73 Å². The van der Waals surface area contributed by atoms with Gasteiger partial charge in [0.1, 0.15) is 5.82 Å². The number of halogens is 1. The predicted molar refractivity (Wildman–Crippen MR) is 82.9 cm³/mol. The number of nitrogen functional groups attached to an aromatic ring is 1. The Kier molecular flexibility index (Phi) is 3.18. The van der Waals surface area contributed by atoms with Crippen LogP contribution in [0.15, 0.2) is 54.6 Å². The number of aryl methyl sites for hydroxylation is 1. The molecule has 0 bridgehead atoms. The van der Waals surface area contributed by atoms with Gasteiger partial charge in [-0.2, -0.15) is 0 Å². The second-order valence-corrected chi connectivity index (χ2v) is 5.04. The van der Waals surface area contributed by atoms with Crippen LogP contribution in [0.4, 0.5) is 10.1 Å². The summed E-state index contributed by atoms with van der Waals surface area (Å²) in [6.07, 6.45) is 0. The predicted octanol–water partition coefficient (Wildman–Crippen LogP) is 4.10. The van der Waals surface area contributed by atoms with Crippen molar-refractivity contribution in [2.75, 3.05) is 5.73 Å². The molecule has 0 unspecified atom stereocenters. The normalized spacial score (nSPS) is 10.8. The maximum absolute atomic E-state index is 13.6. The molecular formula is C18H14FNO. The van der Waals surface area contributed by atoms with Crippen molar-refractivity contribution in [1.29, 1.82) is 0 Å². The molecule has 0 spiro atoms. The van der Waals surface area contributed by atoms with Gasteiger partial charge in [0, 0.05) is 11.1 Å². The monoisotopic (exact) mass is 279 g/mol. The third-order valence-corrected chi connectivity index (χ3v) is 3.65. The zero-order valence-electron chi connectivity index (χ0n) is 11.6. The zero-order valence-corrected chi connectivity index (χ0v) is 11.6. The molecule has 0 aliphatic rings. The van der Waals surface area contributed by atoms with E-state index in [1.807, 2.05) is 37.3 Å². The highest BCUT2D eigenvalue weighted by atomic mass is 19.1. The Labute approximate surface area is 122 Å². The lowest BCUT2D eigenvalue weighted by molar-refractivity contribution is 0.104. The summed E-state index contributed by atoms with van der Waals surface area (Å²) < 4.78 is 13.6. The van der Waals surface area contributed by atoms with Gasteiger partial charge in [-0.3, -0.25) is 4.79 Å². The molecule has 0 heterocycles. The van der Waals surface area contributed by atoms with Gasteiger partial charge in [-0.1, -0.05) is 36.4 Å². The highest BCUT2D eigenvalue weighted by molar-refractivity contribution is 6.16. The standard InChI is InChI=1S/C18H14FNO/c1-11-6-8-15(14-5-3-2-4-13(11)14)18(21)12-7-9-17(20)16(19)10-12/h2-10H,20H2,1H3. The van der Waals surface area contributed by atoms with Crippen LogP contribution in [0.1, 0.15) is 21.5 Å². The molecule has 0 aliphatic heterocycles. The van der Waals surface area contributed by atoms with Gasteiger partial charge < -0.3 is 5.73 Å². The van der Waals surface area contributed by atoms with Crippen LogP contribution in [0.25, 0.3) is 10.8 Å². The van der Waals surface area contributed by atoms with Gasteiger partial charge >= 0.3 is 0 Å². The van der Waals surface area contributed by atoms with Crippen molar-refractivity contribution in [2.45, 2.75) is 6.92 Å². The summed E-state index contributed by atoms with van der Waals surface area (Å²) in [6.45, 7) is 2.00. The molecule has 0 amide bonds. The SMILES string of the molecule is Cc1ccc(C(=O)c2ccc(N)c(F)c2)c2ccccc12. The number of ketones is 1. The number of carbonyl (C=O) groups is 1. The maximum atomic E-state index is 13.6. The Balaban J connectivity index is 2.18. The molecule has 0 saturated heterocycles. The van der Waals surface area contributed by atoms with Crippen molar-refractivity contribution in [3.05, 3.63) is 77.1 Å². The van der Waals surface area contributed by atoms with E-state index in [0.717, 1.165) is 16.3 Å². The van der Waals surface area contributed by atoms with E-state index in [-0.39, 0.29) is 11.5 Å². The Hall–Kier alpha value is -2.68. The molecule has 3 rings (SSSR count). The molecular weight excluding hydrogens is 265 g/mol. The first-order valence-electron chi connectivity index (χ1n) is 6.66. The average molecular weight is 279 g/mol. The third-order valence-electron chi connectivity index (χ3n) is 3.65. The molecule has 0 atom stereocenters. The Morgan fingerprint density at radius 1 is 1.00 bits per heavy atom. The summed E-state index contributed by atoms with van der Waals surface area (Å²) in [7, 11) is 0. The number of carbonyl (C=O) groups excluding carboxylic acids is 1. The third kappa shape index (κ3) is 2.27. The first-order chi connectivity index (χ1) is 10.1. The second kappa shape index (κ2) is 5.02. The summed E-state index contributed by atoms with van der Waals surface area (Å²) in [5, 5.41) is 1.90. The van der Waals surface area contributed by atoms with E-state index in [4.69, 9.17) is 5.73 Å². The van der Waals surface area contributed by atoms with Crippen LogP contribution in [0.5, 0.6) is 0 Å². The maximum Gasteiger partial charge on any atom is 0.193 e. The van der Waals surface area contributed by atoms with Crippen molar-refractivity contribution in [3.63, 3.8) is 0 Å². The molecule has 104 valence electrons. The first-order valence-corrected chi connectivity index (χ1v) is 6.66. The molecule has 3 aromatic rings. The minimum absolute atomic E-state index is 0.0420. The molecule has 3 aromatic carbocycles. The molecule has 0 saturated carbocycles. The van der Waals surface area contributed by atoms with Crippen LogP contribution in [-0.2, 0) is 0 Å². The average Bonchev–Trinajstić information content (AvgIpc) is 2.50. The summed E-state index contributed by atoms with van der Waals surface area (Å²) in [6, 6.07) is 15.6. The number of hydrogen-bond acceptors (Lipinski definition) is 2. The van der Waals surface area contributed by atoms with E-state index in [2.05, 4.69) is 0 Å². The number of fused-ring (bicyclic) bond motifs is 1. The molecule has 2 nitrogen and oxygen atoms in total. The van der Waals surface area contributed by atoms with Crippen molar-refractivity contribution >= 4 is 22.2 Å². The van der Waals surface area contributed by atoms with Crippen LogP contribution in [-0.4, -0.2) is 5.78 Å². The number of anilines is 1. The van der Waals surface area contributed by atoms with Crippen molar-refractivity contribution in [2.24, 2.45) is 0 Å². The van der Waals surface area contributed by atoms with E-state index in [1.165, 1.54) is 12.1 Å². The van der Waals surface area contributed by atoms with Crippen LogP contribution in [0.3, 0.4) is 0 Å². The molecule has 21 heavy (non-hydrogen) atoms. The van der Waals surface area contributed by atoms with E-state index in [0.29, 0.717) is 11.1 Å². The molecule has 0 radical (unpaired) electrons. The summed E-state index contributed by atoms with van der Waals surface area (Å²) >= 11 is 0. The lowest BCUT2D eigenvalue weighted by atomic mass is 9.95. The van der Waals surface area contributed by atoms with Crippen LogP contribution in [0, 0.1) is 12.7 Å². The van der Waals surface area contributed by atoms with E-state index >= 15 is 0 Å². The topological polar surface area (TPSA) is 43.1 Å². The van der Waals surface area contributed by atoms with Gasteiger partial charge in [0.2, 0.25) is 0 Å². The van der Waals surface area contributed by atoms with Crippen molar-refractivity contribution < 1.29 is 9.18 Å². The quantitative estimate of drug-likeness (QED) is 0.567. The number of benzene rings is 3. The lowest BCUT2D eigenvalue weighted by Crippen LogP contribution is -2.04. The van der Waals surface area contributed by atoms with E-state index < -0.39 is 5.82 Å². The van der Waals surface area contributed by atoms with E-state index in [9.17, 15) is 9.18 Å². The zero-order chi connectivity index (χ0) is 15.0. The molecule has 0 aromatic heterocycles. The van der Waals surface area contributed by atoms with Gasteiger partial charge in [-0.15, -0.1) is 0 Å². The number of hydrogen-bond donors (Lipinski definition) is 1. The van der Waals surface area contributed by atoms with Gasteiger partial charge in [-0.25, -0.2) is 4.39 Å². The Morgan fingerprint density at radius 2 is 1.71 bits per heavy atom. The smallest absolute Gasteiger partial charge is 0.193 e. The van der Waals surface area contributed by atoms with Crippen LogP contribution in [0.2, 0.25) is 0 Å². The molecule has 0 fully saturated rings. The summed E-state index contributed by atoms with van der Waals surface area (Å²) in [4.78, 5) is 12.6. The minimum atomic E-state index is -0.572. The highest BCUT2D eigenvalue weighted by Gasteiger charge is 2.14. The van der Waals surface area contributed by atoms with Gasteiger partial charge in [-0.05, 0) is 41.5 Å². The fourth-order valence-electron chi connectivity index (χ4n) is 2.47. The van der Waals surface area contributed by atoms with Gasteiger partial charge in [0.15, 0.2) is 5.78 Å². The summed E-state index contributed by atoms with van der Waals surface area (Å²) in [5.41, 5.74) is 7.47. The van der Waals surface area contributed by atoms with Gasteiger partial charge in [0.05, 0.1) is 5.69 Å². The van der Waals surface area contributed by atoms with Crippen molar-refractivity contribution in [1.82, 2.24) is 0 Å². The van der Waals surface area contributed by atoms with Crippen molar-refractivity contribution in [3.8, 4) is 0 Å². The molecule has 0 aliphatic carbocycles. The first kappa shape index (κ1) is 13.3. The van der Waals surface area contributed by atoms with Gasteiger partial charge in [0.25, 0.3) is 0 Å². The number of rotatable bonds is 2. The lowest BCUT2D eigenvalue weighted by Gasteiger charge is -2.09. The second-order valence-electron chi connectivity index (χ2n) is 5.04. The highest BCUT2D eigenvalue weighted by Crippen LogP contribution is 2.25. The Morgan fingerprint density at radius 3 is 2.43 bits per heavy atom. The fraction of sp³-hybridized carbons (Fsp3) is 0.0556. The fourth-order valence-corrected chi connectivity index (χ4v) is 2.47. The number of nitrogens with two attached hydrogens (primary N) is 1. The minimum Gasteiger partial charge on any atom is -0.396 e. The van der Waals surface area contributed by atoms with E-state index in [1.54, 1.807) is 12.1 Å². The largest absolute Gasteiger partial charge is 0.396 e. The Bertz CT molecular complexity index is 855. The molecule has 2 N–H and O–H groups in total. The van der Waals surface area contributed by atoms with Crippen LogP contribution >= 0.6 is 0 Å². The summed E-state index contributed by atoms with van der Waals surface area (Å²) in [5.74, 6) is -0.776.